The van der Waals surface area contributed by atoms with E-state index in [1.54, 1.807) is 23.5 Å². The summed E-state index contributed by atoms with van der Waals surface area (Å²) in [7, 11) is 0. The van der Waals surface area contributed by atoms with Gasteiger partial charge in [0.1, 0.15) is 18.3 Å². The molecule has 96 valence electrons. The number of aliphatic hydroxyl groups is 2. The number of hydrogen-bond acceptors (Lipinski definition) is 5. The summed E-state index contributed by atoms with van der Waals surface area (Å²) in [5.74, 6) is 0. The van der Waals surface area contributed by atoms with Crippen molar-refractivity contribution in [1.82, 2.24) is 0 Å². The van der Waals surface area contributed by atoms with Crippen LogP contribution in [0.3, 0.4) is 0 Å². The van der Waals surface area contributed by atoms with Crippen LogP contribution < -0.4 is 0 Å². The SMILES string of the molecule is CC(C)SC(SC(C)C)[C@@H]1OC[C@@H](O)[C@@H]1O. The van der Waals surface area contributed by atoms with Gasteiger partial charge in [-0.15, -0.1) is 23.5 Å². The Labute approximate surface area is 106 Å². The molecule has 0 aromatic heterocycles. The molecule has 0 amide bonds. The highest BCUT2D eigenvalue weighted by atomic mass is 32.2. The molecule has 1 fully saturated rings. The minimum Gasteiger partial charge on any atom is -0.388 e. The molecule has 1 aliphatic rings. The van der Waals surface area contributed by atoms with Gasteiger partial charge in [-0.3, -0.25) is 0 Å². The van der Waals surface area contributed by atoms with Gasteiger partial charge in [0.15, 0.2) is 0 Å². The lowest BCUT2D eigenvalue weighted by Crippen LogP contribution is -2.36. The summed E-state index contributed by atoms with van der Waals surface area (Å²) in [5, 5.41) is 20.3. The summed E-state index contributed by atoms with van der Waals surface area (Å²) < 4.78 is 5.69. The summed E-state index contributed by atoms with van der Waals surface area (Å²) >= 11 is 3.60. The van der Waals surface area contributed by atoms with E-state index in [1.807, 2.05) is 0 Å². The van der Waals surface area contributed by atoms with E-state index in [1.165, 1.54) is 0 Å². The van der Waals surface area contributed by atoms with Gasteiger partial charge >= 0.3 is 0 Å². The van der Waals surface area contributed by atoms with Gasteiger partial charge in [0.2, 0.25) is 0 Å². The van der Waals surface area contributed by atoms with Crippen LogP contribution in [-0.4, -0.2) is 50.2 Å². The molecule has 1 aliphatic heterocycles. The maximum atomic E-state index is 9.85. The van der Waals surface area contributed by atoms with Gasteiger partial charge < -0.3 is 14.9 Å². The molecule has 0 aromatic carbocycles. The Kier molecular flexibility index (Phi) is 5.94. The standard InChI is InChI=1S/C11H22O3S2/c1-6(2)15-11(16-7(3)4)10-9(13)8(12)5-14-10/h6-13H,5H2,1-4H3/t8-,9+,10-/m1/s1. The Morgan fingerprint density at radius 3 is 1.88 bits per heavy atom. The molecule has 0 aliphatic carbocycles. The first-order chi connectivity index (χ1) is 7.41. The fraction of sp³-hybridized carbons (Fsp3) is 1.00. The van der Waals surface area contributed by atoms with Gasteiger partial charge in [-0.1, -0.05) is 27.7 Å². The molecule has 1 heterocycles. The first-order valence-corrected chi connectivity index (χ1v) is 7.59. The fourth-order valence-corrected chi connectivity index (χ4v) is 5.04. The van der Waals surface area contributed by atoms with Gasteiger partial charge in [-0.2, -0.15) is 0 Å². The third-order valence-corrected chi connectivity index (χ3v) is 5.10. The second kappa shape index (κ2) is 6.50. The van der Waals surface area contributed by atoms with E-state index < -0.39 is 12.2 Å². The Hall–Kier alpha value is 0.580. The number of thioether (sulfide) groups is 2. The third kappa shape index (κ3) is 4.11. The molecule has 0 unspecified atom stereocenters. The van der Waals surface area contributed by atoms with E-state index in [4.69, 9.17) is 4.74 Å². The van der Waals surface area contributed by atoms with Crippen molar-refractivity contribution in [2.75, 3.05) is 6.61 Å². The monoisotopic (exact) mass is 266 g/mol. The summed E-state index contributed by atoms with van der Waals surface area (Å²) in [6.45, 7) is 8.79. The van der Waals surface area contributed by atoms with Crippen molar-refractivity contribution in [2.24, 2.45) is 0 Å². The molecule has 16 heavy (non-hydrogen) atoms. The Morgan fingerprint density at radius 2 is 1.56 bits per heavy atom. The van der Waals surface area contributed by atoms with Crippen LogP contribution >= 0.6 is 23.5 Å². The highest BCUT2D eigenvalue weighted by Crippen LogP contribution is 2.37. The van der Waals surface area contributed by atoms with Crippen LogP contribution in [0.25, 0.3) is 0 Å². The van der Waals surface area contributed by atoms with Crippen LogP contribution in [0.5, 0.6) is 0 Å². The molecular formula is C11H22O3S2. The van der Waals surface area contributed by atoms with E-state index in [9.17, 15) is 10.2 Å². The number of ether oxygens (including phenoxy) is 1. The third-order valence-electron chi connectivity index (χ3n) is 2.27. The average molecular weight is 266 g/mol. The molecule has 0 saturated carbocycles. The van der Waals surface area contributed by atoms with Crippen LogP contribution in [0.1, 0.15) is 27.7 Å². The molecule has 0 aromatic rings. The molecule has 1 rings (SSSR count). The van der Waals surface area contributed by atoms with Crippen molar-refractivity contribution in [1.29, 1.82) is 0 Å². The largest absolute Gasteiger partial charge is 0.388 e. The predicted molar refractivity (Wildman–Crippen MR) is 71.0 cm³/mol. The predicted octanol–water partition coefficient (Wildman–Crippen LogP) is 1.72. The van der Waals surface area contributed by atoms with Crippen molar-refractivity contribution in [2.45, 2.75) is 61.1 Å². The summed E-state index contributed by atoms with van der Waals surface area (Å²) in [5.41, 5.74) is 0. The lowest BCUT2D eigenvalue weighted by molar-refractivity contribution is 0.0307. The number of hydrogen-bond donors (Lipinski definition) is 2. The summed E-state index contributed by atoms with van der Waals surface area (Å²) in [4.78, 5) is 0. The van der Waals surface area contributed by atoms with Crippen molar-refractivity contribution < 1.29 is 14.9 Å². The van der Waals surface area contributed by atoms with Crippen molar-refractivity contribution in [3.63, 3.8) is 0 Å². The van der Waals surface area contributed by atoms with Crippen molar-refractivity contribution in [3.8, 4) is 0 Å². The molecule has 5 heteroatoms. The second-order valence-corrected chi connectivity index (χ2v) is 8.34. The zero-order chi connectivity index (χ0) is 12.3. The normalized spacial score (nSPS) is 30.9. The Bertz CT molecular complexity index is 201. The van der Waals surface area contributed by atoms with Crippen LogP contribution in [0.4, 0.5) is 0 Å². The first-order valence-electron chi connectivity index (χ1n) is 5.70. The summed E-state index contributed by atoms with van der Waals surface area (Å²) in [6, 6.07) is 0. The van der Waals surface area contributed by atoms with E-state index in [0.717, 1.165) is 0 Å². The highest BCUT2D eigenvalue weighted by molar-refractivity contribution is 8.17. The highest BCUT2D eigenvalue weighted by Gasteiger charge is 2.40. The minimum atomic E-state index is -0.748. The van der Waals surface area contributed by atoms with E-state index in [2.05, 4.69) is 27.7 Å². The maximum absolute atomic E-state index is 9.85. The van der Waals surface area contributed by atoms with Gasteiger partial charge in [0.05, 0.1) is 11.2 Å². The average Bonchev–Trinajstić information content (AvgIpc) is 2.45. The molecule has 2 N–H and O–H groups in total. The van der Waals surface area contributed by atoms with Crippen LogP contribution in [0, 0.1) is 0 Å². The molecule has 3 atom stereocenters. The number of aliphatic hydroxyl groups excluding tert-OH is 2. The van der Waals surface area contributed by atoms with Gasteiger partial charge in [0.25, 0.3) is 0 Å². The fourth-order valence-electron chi connectivity index (χ4n) is 1.59. The first kappa shape index (κ1) is 14.6. The summed E-state index contributed by atoms with van der Waals surface area (Å²) in [6.07, 6.45) is -1.73. The lowest BCUT2D eigenvalue weighted by Gasteiger charge is -2.27. The zero-order valence-corrected chi connectivity index (χ0v) is 11.9. The van der Waals surface area contributed by atoms with Gasteiger partial charge in [-0.25, -0.2) is 0 Å². The molecule has 1 saturated heterocycles. The molecule has 0 bridgehead atoms. The van der Waals surface area contributed by atoms with Crippen LogP contribution in [-0.2, 0) is 4.74 Å². The van der Waals surface area contributed by atoms with Crippen LogP contribution in [0.2, 0.25) is 0 Å². The topological polar surface area (TPSA) is 49.7 Å². The Balaban J connectivity index is 2.60. The van der Waals surface area contributed by atoms with Crippen molar-refractivity contribution >= 4 is 23.5 Å². The van der Waals surface area contributed by atoms with E-state index in [0.29, 0.717) is 10.5 Å². The maximum Gasteiger partial charge on any atom is 0.110 e. The molecule has 0 radical (unpaired) electrons. The van der Waals surface area contributed by atoms with E-state index in [-0.39, 0.29) is 17.3 Å². The molecule has 3 nitrogen and oxygen atoms in total. The van der Waals surface area contributed by atoms with Gasteiger partial charge in [-0.05, 0) is 0 Å². The molecular weight excluding hydrogens is 244 g/mol. The second-order valence-electron chi connectivity index (χ2n) is 4.59. The zero-order valence-electron chi connectivity index (χ0n) is 10.3. The van der Waals surface area contributed by atoms with Crippen molar-refractivity contribution in [3.05, 3.63) is 0 Å². The molecule has 0 spiro atoms. The quantitative estimate of drug-likeness (QED) is 0.742. The van der Waals surface area contributed by atoms with Gasteiger partial charge in [0, 0.05) is 10.5 Å². The number of rotatable bonds is 5. The van der Waals surface area contributed by atoms with E-state index >= 15 is 0 Å². The van der Waals surface area contributed by atoms with Crippen LogP contribution in [0.15, 0.2) is 0 Å². The Morgan fingerprint density at radius 1 is 1.06 bits per heavy atom. The lowest BCUT2D eigenvalue weighted by atomic mass is 10.2. The smallest absolute Gasteiger partial charge is 0.110 e. The minimum absolute atomic E-state index is 0.187.